The van der Waals surface area contributed by atoms with Gasteiger partial charge in [0.15, 0.2) is 0 Å². The van der Waals surface area contributed by atoms with Crippen molar-refractivity contribution >= 4 is 5.97 Å². The lowest BCUT2D eigenvalue weighted by Gasteiger charge is -2.10. The first-order valence-electron chi connectivity index (χ1n) is 5.31. The second-order valence-corrected chi connectivity index (χ2v) is 4.36. The molecule has 3 heteroatoms. The molecule has 15 heavy (non-hydrogen) atoms. The summed E-state index contributed by atoms with van der Waals surface area (Å²) in [4.78, 5) is 14.7. The lowest BCUT2D eigenvalue weighted by molar-refractivity contribution is -0.138. The second kappa shape index (κ2) is 4.01. The predicted molar refractivity (Wildman–Crippen MR) is 56.5 cm³/mol. The Morgan fingerprint density at radius 1 is 1.60 bits per heavy atom. The maximum Gasteiger partial charge on any atom is 0.306 e. The van der Waals surface area contributed by atoms with Gasteiger partial charge in [0.05, 0.1) is 5.92 Å². The summed E-state index contributed by atoms with van der Waals surface area (Å²) in [5, 5.41) is 8.80. The zero-order valence-corrected chi connectivity index (χ0v) is 8.76. The van der Waals surface area contributed by atoms with E-state index in [-0.39, 0.29) is 5.92 Å². The van der Waals surface area contributed by atoms with E-state index in [2.05, 4.69) is 11.9 Å². The van der Waals surface area contributed by atoms with Crippen LogP contribution < -0.4 is 0 Å². The van der Waals surface area contributed by atoms with Crippen LogP contribution in [0.1, 0.15) is 31.2 Å². The number of aliphatic carboxylic acids is 1. The zero-order chi connectivity index (χ0) is 10.8. The summed E-state index contributed by atoms with van der Waals surface area (Å²) in [6.45, 7) is 2.15. The van der Waals surface area contributed by atoms with Crippen molar-refractivity contribution in [1.29, 1.82) is 0 Å². The Balaban J connectivity index is 1.89. The smallest absolute Gasteiger partial charge is 0.306 e. The number of nitrogens with zero attached hydrogens (tertiary/aromatic N) is 1. The Morgan fingerprint density at radius 2 is 2.27 bits per heavy atom. The van der Waals surface area contributed by atoms with E-state index in [0.717, 1.165) is 12.8 Å². The third-order valence-electron chi connectivity index (χ3n) is 3.17. The maximum absolute atomic E-state index is 10.7. The van der Waals surface area contributed by atoms with E-state index >= 15 is 0 Å². The van der Waals surface area contributed by atoms with Gasteiger partial charge in [-0.3, -0.25) is 9.78 Å². The molecule has 1 heterocycles. The molecule has 0 radical (unpaired) electrons. The Kier molecular flexibility index (Phi) is 2.71. The van der Waals surface area contributed by atoms with Crippen molar-refractivity contribution in [2.24, 2.45) is 11.8 Å². The first-order chi connectivity index (χ1) is 7.18. The molecule has 0 amide bonds. The summed E-state index contributed by atoms with van der Waals surface area (Å²) in [6.07, 6.45) is 5.40. The van der Waals surface area contributed by atoms with E-state index in [1.165, 1.54) is 5.56 Å². The van der Waals surface area contributed by atoms with E-state index in [4.69, 9.17) is 5.11 Å². The topological polar surface area (TPSA) is 50.2 Å². The summed E-state index contributed by atoms with van der Waals surface area (Å²) in [6, 6.07) is 4.01. The Bertz CT molecular complexity index is 350. The quantitative estimate of drug-likeness (QED) is 0.820. The molecule has 0 spiro atoms. The predicted octanol–water partition coefficient (Wildman–Crippen LogP) is 2.30. The Hall–Kier alpha value is -1.38. The van der Waals surface area contributed by atoms with E-state index in [1.807, 2.05) is 12.1 Å². The molecular formula is C12H15NO2. The number of aromatic nitrogens is 1. The highest BCUT2D eigenvalue weighted by molar-refractivity contribution is 5.73. The van der Waals surface area contributed by atoms with Crippen LogP contribution in [0.2, 0.25) is 0 Å². The van der Waals surface area contributed by atoms with E-state index in [9.17, 15) is 4.79 Å². The molecule has 0 bridgehead atoms. The van der Waals surface area contributed by atoms with E-state index in [0.29, 0.717) is 11.8 Å². The van der Waals surface area contributed by atoms with Gasteiger partial charge in [0, 0.05) is 12.4 Å². The van der Waals surface area contributed by atoms with Crippen molar-refractivity contribution in [3.8, 4) is 0 Å². The number of hydrogen-bond donors (Lipinski definition) is 1. The van der Waals surface area contributed by atoms with Gasteiger partial charge in [-0.05, 0) is 42.4 Å². The minimum Gasteiger partial charge on any atom is -0.481 e. The van der Waals surface area contributed by atoms with Crippen molar-refractivity contribution in [2.75, 3.05) is 0 Å². The summed E-state index contributed by atoms with van der Waals surface area (Å²) in [5.41, 5.74) is 1.25. The molecule has 3 nitrogen and oxygen atoms in total. The average Bonchev–Trinajstić information content (AvgIpc) is 2.98. The molecule has 2 rings (SSSR count). The van der Waals surface area contributed by atoms with Crippen molar-refractivity contribution < 1.29 is 9.90 Å². The fraction of sp³-hybridized carbons (Fsp3) is 0.500. The first-order valence-corrected chi connectivity index (χ1v) is 5.31. The minimum atomic E-state index is -0.637. The van der Waals surface area contributed by atoms with Gasteiger partial charge in [-0.1, -0.05) is 6.92 Å². The molecule has 1 aliphatic carbocycles. The van der Waals surface area contributed by atoms with Gasteiger partial charge in [-0.2, -0.15) is 0 Å². The van der Waals surface area contributed by atoms with Crippen molar-refractivity contribution in [3.63, 3.8) is 0 Å². The van der Waals surface area contributed by atoms with E-state index < -0.39 is 5.97 Å². The molecule has 0 aliphatic heterocycles. The lowest BCUT2D eigenvalue weighted by atomic mass is 9.96. The first kappa shape index (κ1) is 10.1. The number of rotatable bonds is 4. The van der Waals surface area contributed by atoms with Gasteiger partial charge < -0.3 is 5.11 Å². The van der Waals surface area contributed by atoms with Crippen LogP contribution in [0.25, 0.3) is 0 Å². The molecule has 80 valence electrons. The largest absolute Gasteiger partial charge is 0.481 e. The van der Waals surface area contributed by atoms with Crippen molar-refractivity contribution in [1.82, 2.24) is 4.98 Å². The fourth-order valence-corrected chi connectivity index (χ4v) is 2.09. The second-order valence-electron chi connectivity index (χ2n) is 4.36. The highest BCUT2D eigenvalue weighted by Gasteiger charge is 2.43. The van der Waals surface area contributed by atoms with Gasteiger partial charge >= 0.3 is 5.97 Å². The van der Waals surface area contributed by atoms with Gasteiger partial charge in [-0.25, -0.2) is 0 Å². The van der Waals surface area contributed by atoms with Crippen LogP contribution in [0.4, 0.5) is 0 Å². The molecular weight excluding hydrogens is 190 g/mol. The van der Waals surface area contributed by atoms with Crippen LogP contribution in [0.3, 0.4) is 0 Å². The summed E-state index contributed by atoms with van der Waals surface area (Å²) in [7, 11) is 0. The highest BCUT2D eigenvalue weighted by Crippen LogP contribution is 2.44. The van der Waals surface area contributed by atoms with Crippen molar-refractivity contribution in [2.45, 2.75) is 25.7 Å². The number of pyridine rings is 1. The Labute approximate surface area is 89.2 Å². The number of carboxylic acid groups (broad SMARTS) is 1. The Morgan fingerprint density at radius 3 is 2.80 bits per heavy atom. The molecule has 1 fully saturated rings. The summed E-state index contributed by atoms with van der Waals surface area (Å²) >= 11 is 0. The third kappa shape index (κ3) is 2.35. The van der Waals surface area contributed by atoms with Gasteiger partial charge in [0.2, 0.25) is 0 Å². The molecule has 1 aromatic heterocycles. The average molecular weight is 205 g/mol. The molecule has 1 saturated carbocycles. The van der Waals surface area contributed by atoms with Crippen LogP contribution >= 0.6 is 0 Å². The standard InChI is InChI=1S/C12H15NO2/c1-8(9-2-4-13-5-3-9)6-10-7-11(10)12(14)15/h2-5,8,10-11H,6-7H2,1H3,(H,14,15). The number of hydrogen-bond acceptors (Lipinski definition) is 2. The van der Waals surface area contributed by atoms with Gasteiger partial charge in [-0.15, -0.1) is 0 Å². The summed E-state index contributed by atoms with van der Waals surface area (Å²) < 4.78 is 0. The molecule has 0 saturated heterocycles. The summed E-state index contributed by atoms with van der Waals surface area (Å²) in [5.74, 6) is 0.0873. The molecule has 3 unspecified atom stereocenters. The third-order valence-corrected chi connectivity index (χ3v) is 3.17. The van der Waals surface area contributed by atoms with Crippen LogP contribution in [0.15, 0.2) is 24.5 Å². The molecule has 1 N–H and O–H groups in total. The van der Waals surface area contributed by atoms with E-state index in [1.54, 1.807) is 12.4 Å². The van der Waals surface area contributed by atoms with Crippen LogP contribution in [-0.4, -0.2) is 16.1 Å². The normalized spacial score (nSPS) is 25.9. The van der Waals surface area contributed by atoms with Crippen LogP contribution in [0.5, 0.6) is 0 Å². The van der Waals surface area contributed by atoms with Crippen LogP contribution in [0, 0.1) is 11.8 Å². The van der Waals surface area contributed by atoms with Gasteiger partial charge in [0.1, 0.15) is 0 Å². The monoisotopic (exact) mass is 205 g/mol. The SMILES string of the molecule is CC(CC1CC1C(=O)O)c1ccncc1. The number of carbonyl (C=O) groups is 1. The fourth-order valence-electron chi connectivity index (χ4n) is 2.09. The maximum atomic E-state index is 10.7. The minimum absolute atomic E-state index is 0.0886. The molecule has 1 aromatic rings. The molecule has 3 atom stereocenters. The van der Waals surface area contributed by atoms with Crippen molar-refractivity contribution in [3.05, 3.63) is 30.1 Å². The lowest BCUT2D eigenvalue weighted by Crippen LogP contribution is -2.02. The number of carboxylic acids is 1. The van der Waals surface area contributed by atoms with Crippen LogP contribution in [-0.2, 0) is 4.79 Å². The highest BCUT2D eigenvalue weighted by atomic mass is 16.4. The molecule has 0 aromatic carbocycles. The zero-order valence-electron chi connectivity index (χ0n) is 8.76. The molecule has 1 aliphatic rings. The van der Waals surface area contributed by atoms with Gasteiger partial charge in [0.25, 0.3) is 0 Å².